The fraction of sp³-hybridized carbons (Fsp3) is 0.364. The van der Waals surface area contributed by atoms with E-state index in [1.54, 1.807) is 13.0 Å². The van der Waals surface area contributed by atoms with Gasteiger partial charge in [-0.1, -0.05) is 6.08 Å². The van der Waals surface area contributed by atoms with Gasteiger partial charge in [0.1, 0.15) is 17.6 Å². The summed E-state index contributed by atoms with van der Waals surface area (Å²) in [6, 6.07) is 0. The summed E-state index contributed by atoms with van der Waals surface area (Å²) in [4.78, 5) is 25.2. The Bertz CT molecular complexity index is 567. The van der Waals surface area contributed by atoms with E-state index in [-0.39, 0.29) is 24.7 Å². The second kappa shape index (κ2) is 7.33. The van der Waals surface area contributed by atoms with Crippen LogP contribution in [0.5, 0.6) is 5.88 Å². The summed E-state index contributed by atoms with van der Waals surface area (Å²) in [6.07, 6.45) is 3.09. The van der Waals surface area contributed by atoms with Crippen molar-refractivity contribution in [1.29, 1.82) is 5.26 Å². The first kappa shape index (κ1) is 14.9. The number of hydrogen-bond acceptors (Lipinski definition) is 6. The number of hydrogen-bond donors (Lipinski definition) is 2. The minimum absolute atomic E-state index is 0.188. The van der Waals surface area contributed by atoms with E-state index in [0.717, 1.165) is 16.3 Å². The molecule has 1 rings (SSSR count). The number of thioether (sulfide) groups is 1. The Balaban J connectivity index is 2.83. The molecule has 0 atom stereocenters. The molecule has 7 nitrogen and oxygen atoms in total. The molecule has 0 spiro atoms. The molecule has 0 bridgehead atoms. The highest BCUT2D eigenvalue weighted by molar-refractivity contribution is 8.03. The SMILES string of the molecule is CCOC(=O)Cn1c(O)c(C=CCSC#N)[nH]c1=O. The fourth-order valence-corrected chi connectivity index (χ4v) is 1.60. The number of H-pyrrole nitrogens is 1. The van der Waals surface area contributed by atoms with Crippen molar-refractivity contribution in [3.05, 3.63) is 22.3 Å². The van der Waals surface area contributed by atoms with Crippen LogP contribution in [-0.2, 0) is 16.1 Å². The maximum atomic E-state index is 11.5. The van der Waals surface area contributed by atoms with Gasteiger partial charge in [0.2, 0.25) is 5.88 Å². The summed E-state index contributed by atoms with van der Waals surface area (Å²) < 4.78 is 5.58. The standard InChI is InChI=1S/C11H13N3O4S/c1-2-18-9(15)6-14-10(16)8(13-11(14)17)4-3-5-19-7-12/h3-4,16H,2,5-6H2,1H3,(H,13,17). The van der Waals surface area contributed by atoms with E-state index in [1.807, 2.05) is 5.40 Å². The number of nitriles is 1. The molecule has 102 valence electrons. The number of rotatable bonds is 6. The lowest BCUT2D eigenvalue weighted by Crippen LogP contribution is -2.22. The van der Waals surface area contributed by atoms with Gasteiger partial charge in [-0.25, -0.2) is 4.79 Å². The maximum Gasteiger partial charge on any atom is 0.329 e. The smallest absolute Gasteiger partial charge is 0.329 e. The Labute approximate surface area is 113 Å². The molecule has 0 aliphatic heterocycles. The maximum absolute atomic E-state index is 11.5. The van der Waals surface area contributed by atoms with Crippen LogP contribution in [-0.4, -0.2) is 33.0 Å². The molecule has 0 aliphatic carbocycles. The van der Waals surface area contributed by atoms with Crippen molar-refractivity contribution in [2.45, 2.75) is 13.5 Å². The number of ether oxygens (including phenoxy) is 1. The number of thiocyanates is 1. The lowest BCUT2D eigenvalue weighted by molar-refractivity contribution is -0.143. The molecule has 0 fully saturated rings. The van der Waals surface area contributed by atoms with Gasteiger partial charge in [-0.15, -0.1) is 0 Å². The summed E-state index contributed by atoms with van der Waals surface area (Å²) in [5.41, 5.74) is -0.411. The van der Waals surface area contributed by atoms with Crippen LogP contribution in [0.2, 0.25) is 0 Å². The number of aromatic amines is 1. The highest BCUT2D eigenvalue weighted by Crippen LogP contribution is 2.14. The number of carbonyl (C=O) groups is 1. The second-order valence-corrected chi connectivity index (χ2v) is 4.17. The van der Waals surface area contributed by atoms with E-state index in [2.05, 4.69) is 4.98 Å². The zero-order valence-corrected chi connectivity index (χ0v) is 11.1. The van der Waals surface area contributed by atoms with Crippen LogP contribution in [0, 0.1) is 10.7 Å². The third-order valence-corrected chi connectivity index (χ3v) is 2.59. The first-order valence-electron chi connectivity index (χ1n) is 5.45. The van der Waals surface area contributed by atoms with Gasteiger partial charge in [0, 0.05) is 5.75 Å². The Morgan fingerprint density at radius 1 is 1.68 bits per heavy atom. The predicted molar refractivity (Wildman–Crippen MR) is 70.5 cm³/mol. The average Bonchev–Trinajstić information content (AvgIpc) is 2.63. The molecule has 0 saturated heterocycles. The Morgan fingerprint density at radius 3 is 3.05 bits per heavy atom. The molecule has 1 heterocycles. The number of nitrogens with one attached hydrogen (secondary N) is 1. The van der Waals surface area contributed by atoms with E-state index >= 15 is 0 Å². The second-order valence-electron chi connectivity index (χ2n) is 3.36. The number of carbonyl (C=O) groups excluding carboxylic acids is 1. The van der Waals surface area contributed by atoms with Crippen molar-refractivity contribution in [3.63, 3.8) is 0 Å². The Hall–Kier alpha value is -2.14. The van der Waals surface area contributed by atoms with Gasteiger partial charge in [-0.3, -0.25) is 9.36 Å². The lowest BCUT2D eigenvalue weighted by Gasteiger charge is -2.02. The Kier molecular flexibility index (Phi) is 5.75. The summed E-state index contributed by atoms with van der Waals surface area (Å²) >= 11 is 1.03. The summed E-state index contributed by atoms with van der Waals surface area (Å²) in [6.45, 7) is 1.51. The number of esters is 1. The van der Waals surface area contributed by atoms with Crippen molar-refractivity contribution in [3.8, 4) is 11.3 Å². The van der Waals surface area contributed by atoms with E-state index < -0.39 is 11.7 Å². The molecule has 0 unspecified atom stereocenters. The monoisotopic (exact) mass is 283 g/mol. The molecular formula is C11H13N3O4S. The van der Waals surface area contributed by atoms with Crippen molar-refractivity contribution < 1.29 is 14.6 Å². The van der Waals surface area contributed by atoms with Gasteiger partial charge in [-0.2, -0.15) is 5.26 Å². The molecule has 0 amide bonds. The molecule has 0 aromatic carbocycles. The van der Waals surface area contributed by atoms with Crippen LogP contribution in [0.4, 0.5) is 0 Å². The molecule has 0 radical (unpaired) electrons. The van der Waals surface area contributed by atoms with Crippen LogP contribution in [0.3, 0.4) is 0 Å². The van der Waals surface area contributed by atoms with Gasteiger partial charge in [0.05, 0.1) is 6.61 Å². The van der Waals surface area contributed by atoms with Crippen LogP contribution >= 0.6 is 11.8 Å². The summed E-state index contributed by atoms with van der Waals surface area (Å²) in [5, 5.41) is 20.0. The number of imidazole rings is 1. The predicted octanol–water partition coefficient (Wildman–Crippen LogP) is 0.673. The molecule has 8 heteroatoms. The molecule has 2 N–H and O–H groups in total. The van der Waals surface area contributed by atoms with E-state index in [0.29, 0.717) is 5.75 Å². The topological polar surface area (TPSA) is 108 Å². The largest absolute Gasteiger partial charge is 0.493 e. The highest BCUT2D eigenvalue weighted by atomic mass is 32.2. The van der Waals surface area contributed by atoms with Crippen molar-refractivity contribution in [2.75, 3.05) is 12.4 Å². The fourth-order valence-electron chi connectivity index (χ4n) is 1.33. The van der Waals surface area contributed by atoms with Crippen LogP contribution in [0.15, 0.2) is 10.9 Å². The number of nitrogens with zero attached hydrogens (tertiary/aromatic N) is 2. The molecular weight excluding hydrogens is 270 g/mol. The average molecular weight is 283 g/mol. The molecule has 1 aromatic heterocycles. The normalized spacial score (nSPS) is 10.5. The molecule has 0 saturated carbocycles. The van der Waals surface area contributed by atoms with E-state index in [1.165, 1.54) is 6.08 Å². The van der Waals surface area contributed by atoms with E-state index in [9.17, 15) is 14.7 Å². The molecule has 1 aromatic rings. The lowest BCUT2D eigenvalue weighted by atomic mass is 10.4. The zero-order chi connectivity index (χ0) is 14.3. The third-order valence-electron chi connectivity index (χ3n) is 2.10. The number of aromatic nitrogens is 2. The van der Waals surface area contributed by atoms with Crippen molar-refractivity contribution in [2.24, 2.45) is 0 Å². The van der Waals surface area contributed by atoms with Crippen LogP contribution in [0.1, 0.15) is 12.6 Å². The van der Waals surface area contributed by atoms with Gasteiger partial charge in [0.25, 0.3) is 0 Å². The first-order valence-corrected chi connectivity index (χ1v) is 6.43. The minimum atomic E-state index is -0.602. The quantitative estimate of drug-likeness (QED) is 0.451. The van der Waals surface area contributed by atoms with Crippen LogP contribution in [0.25, 0.3) is 6.08 Å². The highest BCUT2D eigenvalue weighted by Gasteiger charge is 2.14. The van der Waals surface area contributed by atoms with Crippen LogP contribution < -0.4 is 5.69 Å². The van der Waals surface area contributed by atoms with Gasteiger partial charge in [0.15, 0.2) is 0 Å². The number of aromatic hydroxyl groups is 1. The Morgan fingerprint density at radius 2 is 2.42 bits per heavy atom. The van der Waals surface area contributed by atoms with E-state index in [4.69, 9.17) is 10.00 Å². The van der Waals surface area contributed by atoms with Gasteiger partial charge in [-0.05, 0) is 24.8 Å². The van der Waals surface area contributed by atoms with Gasteiger partial charge < -0.3 is 14.8 Å². The molecule has 0 aliphatic rings. The van der Waals surface area contributed by atoms with Gasteiger partial charge >= 0.3 is 11.7 Å². The molecule has 19 heavy (non-hydrogen) atoms. The third kappa shape index (κ3) is 4.22. The zero-order valence-electron chi connectivity index (χ0n) is 10.3. The summed E-state index contributed by atoms with van der Waals surface area (Å²) in [5.74, 6) is -0.508. The minimum Gasteiger partial charge on any atom is -0.493 e. The first-order chi connectivity index (χ1) is 9.10. The summed E-state index contributed by atoms with van der Waals surface area (Å²) in [7, 11) is 0. The van der Waals surface area contributed by atoms with Crippen molar-refractivity contribution in [1.82, 2.24) is 9.55 Å². The van der Waals surface area contributed by atoms with Crippen molar-refractivity contribution >= 4 is 23.8 Å².